The van der Waals surface area contributed by atoms with Gasteiger partial charge in [-0.3, -0.25) is 0 Å². The fourth-order valence-corrected chi connectivity index (χ4v) is 8.70. The van der Waals surface area contributed by atoms with E-state index in [0.717, 1.165) is 44.9 Å². The predicted molar refractivity (Wildman–Crippen MR) is 271 cm³/mol. The highest BCUT2D eigenvalue weighted by atomic mass is 32.1. The van der Waals surface area contributed by atoms with Gasteiger partial charge in [-0.05, 0) is 136 Å². The minimum Gasteiger partial charge on any atom is -0.489 e. The Hall–Kier alpha value is -7.09. The quantitative estimate of drug-likeness (QED) is 0.0387. The van der Waals surface area contributed by atoms with Gasteiger partial charge in [-0.25, -0.2) is 24.4 Å². The van der Waals surface area contributed by atoms with Gasteiger partial charge in [0, 0.05) is 21.9 Å². The second kappa shape index (κ2) is 25.7. The summed E-state index contributed by atoms with van der Waals surface area (Å²) in [6.07, 6.45) is 8.24. The molecule has 2 atom stereocenters. The standard InChI is InChI=1S/C55H58N4O7S2/c1-7-63-53(60)39(5)27-37(3)29-45-35-67-51(56-45)49(31-41-19-23-47(24-20-41)65-33-43-15-11-9-12-16-43)58-55(62)59-50(32-42-21-25-48(26-22-42)66-34-44-17-13-10-14-18-44)52-57-46(36-68-52)30-38(4)28-40(6)54(61)64-8-2/h9-30,35-36,49-50H,7-8,31-34H2,1-6H3,(H2,58,59,62)/b37-29+,38-30+,39-27-,40-28-/t49-,50-/m0/s1. The van der Waals surface area contributed by atoms with E-state index in [9.17, 15) is 14.4 Å². The van der Waals surface area contributed by atoms with E-state index in [1.54, 1.807) is 39.8 Å². The minimum absolute atomic E-state index is 0.297. The summed E-state index contributed by atoms with van der Waals surface area (Å²) in [6, 6.07) is 34.3. The number of nitrogens with zero attached hydrogens (tertiary/aromatic N) is 2. The number of hydrogen-bond acceptors (Lipinski definition) is 11. The molecule has 6 rings (SSSR count). The van der Waals surface area contributed by atoms with Gasteiger partial charge >= 0.3 is 18.0 Å². The van der Waals surface area contributed by atoms with Crippen LogP contribution < -0.4 is 20.1 Å². The van der Waals surface area contributed by atoms with Crippen molar-refractivity contribution in [1.29, 1.82) is 0 Å². The number of rotatable bonds is 22. The molecular formula is C55H58N4O7S2. The number of ether oxygens (including phenoxy) is 4. The van der Waals surface area contributed by atoms with Crippen molar-refractivity contribution in [3.63, 3.8) is 0 Å². The molecule has 0 aliphatic heterocycles. The van der Waals surface area contributed by atoms with Crippen molar-refractivity contribution < 1.29 is 33.3 Å². The molecule has 0 saturated heterocycles. The molecule has 0 unspecified atom stereocenters. The SMILES string of the molecule is CCOC(=O)/C(C)=C\C(C)=C\c1csc([C@H](Cc2ccc(OCc3ccccc3)cc2)NC(=O)N[C@@H](Cc2ccc(OCc3ccccc3)cc2)c2nc(/C=C(C)/C=C(/C)C(=O)OCC)cs2)n1. The number of carbonyl (C=O) groups is 3. The zero-order valence-corrected chi connectivity index (χ0v) is 41.0. The van der Waals surface area contributed by atoms with Crippen molar-refractivity contribution >= 4 is 52.8 Å². The van der Waals surface area contributed by atoms with Gasteiger partial charge in [-0.1, -0.05) is 84.9 Å². The predicted octanol–water partition coefficient (Wildman–Crippen LogP) is 12.1. The van der Waals surface area contributed by atoms with Gasteiger partial charge < -0.3 is 29.6 Å². The number of benzene rings is 4. The van der Waals surface area contributed by atoms with Gasteiger partial charge in [0.1, 0.15) is 34.7 Å². The molecule has 2 amide bonds. The van der Waals surface area contributed by atoms with E-state index >= 15 is 0 Å². The lowest BCUT2D eigenvalue weighted by Crippen LogP contribution is -2.41. The van der Waals surface area contributed by atoms with Gasteiger partial charge in [0.2, 0.25) is 0 Å². The number of urea groups is 1. The van der Waals surface area contributed by atoms with Crippen molar-refractivity contribution in [2.24, 2.45) is 0 Å². The summed E-state index contributed by atoms with van der Waals surface area (Å²) >= 11 is 2.89. The number of carbonyl (C=O) groups excluding carboxylic acids is 3. The molecule has 2 heterocycles. The van der Waals surface area contributed by atoms with Gasteiger partial charge in [-0.15, -0.1) is 22.7 Å². The van der Waals surface area contributed by atoms with Crippen molar-refractivity contribution in [1.82, 2.24) is 20.6 Å². The lowest BCUT2D eigenvalue weighted by molar-refractivity contribution is -0.139. The zero-order chi connectivity index (χ0) is 48.3. The molecule has 0 aliphatic carbocycles. The van der Waals surface area contributed by atoms with E-state index in [0.29, 0.717) is 71.8 Å². The highest BCUT2D eigenvalue weighted by Gasteiger charge is 2.24. The molecular weight excluding hydrogens is 893 g/mol. The number of amides is 2. The van der Waals surface area contributed by atoms with Crippen LogP contribution in [0.1, 0.15) is 97.3 Å². The smallest absolute Gasteiger partial charge is 0.333 e. The monoisotopic (exact) mass is 950 g/mol. The summed E-state index contributed by atoms with van der Waals surface area (Å²) in [5.74, 6) is 0.737. The van der Waals surface area contributed by atoms with Crippen LogP contribution in [-0.4, -0.2) is 41.2 Å². The number of allylic oxidation sites excluding steroid dienone is 4. The average molecular weight is 951 g/mol. The summed E-state index contributed by atoms with van der Waals surface area (Å²) in [6.45, 7) is 12.3. The topological polar surface area (TPSA) is 138 Å². The molecule has 0 spiro atoms. The van der Waals surface area contributed by atoms with Crippen LogP contribution >= 0.6 is 22.7 Å². The lowest BCUT2D eigenvalue weighted by atomic mass is 10.1. The van der Waals surface area contributed by atoms with Crippen LogP contribution in [0.2, 0.25) is 0 Å². The van der Waals surface area contributed by atoms with Crippen LogP contribution in [0.4, 0.5) is 4.79 Å². The number of esters is 2. The third kappa shape index (κ3) is 16.1. The molecule has 0 fully saturated rings. The van der Waals surface area contributed by atoms with Crippen LogP contribution in [-0.2, 0) is 45.1 Å². The van der Waals surface area contributed by atoms with E-state index in [-0.39, 0.29) is 11.9 Å². The molecule has 11 nitrogen and oxygen atoms in total. The molecule has 13 heteroatoms. The Balaban J connectivity index is 1.24. The average Bonchev–Trinajstić information content (AvgIpc) is 4.01. The molecule has 6 aromatic rings. The summed E-state index contributed by atoms with van der Waals surface area (Å²) in [5, 5.41) is 11.8. The lowest BCUT2D eigenvalue weighted by Gasteiger charge is -2.21. The van der Waals surface area contributed by atoms with Crippen LogP contribution in [0.25, 0.3) is 12.2 Å². The molecule has 0 saturated carbocycles. The van der Waals surface area contributed by atoms with Crippen molar-refractivity contribution in [2.75, 3.05) is 13.2 Å². The Morgan fingerprint density at radius 3 is 1.29 bits per heavy atom. The number of hydrogen-bond donors (Lipinski definition) is 2. The Labute approximate surface area is 407 Å². The maximum Gasteiger partial charge on any atom is 0.333 e. The van der Waals surface area contributed by atoms with Crippen molar-refractivity contribution in [2.45, 2.75) is 79.7 Å². The first-order valence-electron chi connectivity index (χ1n) is 22.5. The molecule has 0 radical (unpaired) electrons. The first-order chi connectivity index (χ1) is 32.9. The molecule has 2 N–H and O–H groups in total. The maximum absolute atomic E-state index is 14.3. The zero-order valence-electron chi connectivity index (χ0n) is 39.3. The van der Waals surface area contributed by atoms with Gasteiger partial charge in [0.05, 0.1) is 36.7 Å². The molecule has 68 heavy (non-hydrogen) atoms. The third-order valence-corrected chi connectivity index (χ3v) is 12.3. The van der Waals surface area contributed by atoms with Crippen LogP contribution in [0.15, 0.2) is 154 Å². The van der Waals surface area contributed by atoms with E-state index in [2.05, 4.69) is 10.6 Å². The van der Waals surface area contributed by atoms with E-state index in [1.807, 2.05) is 146 Å². The maximum atomic E-state index is 14.3. The van der Waals surface area contributed by atoms with Crippen LogP contribution in [0.5, 0.6) is 11.5 Å². The Bertz CT molecular complexity index is 2520. The number of nitrogens with one attached hydrogen (secondary N) is 2. The summed E-state index contributed by atoms with van der Waals surface area (Å²) in [5.41, 5.74) is 8.14. The van der Waals surface area contributed by atoms with E-state index in [1.165, 1.54) is 22.7 Å². The summed E-state index contributed by atoms with van der Waals surface area (Å²) < 4.78 is 22.4. The number of aromatic nitrogens is 2. The van der Waals surface area contributed by atoms with E-state index in [4.69, 9.17) is 28.9 Å². The first kappa shape index (κ1) is 50.3. The third-order valence-electron chi connectivity index (χ3n) is 10.3. The second-order valence-electron chi connectivity index (χ2n) is 16.1. The summed E-state index contributed by atoms with van der Waals surface area (Å²) in [7, 11) is 0. The number of thiazole rings is 2. The molecule has 2 aromatic heterocycles. The largest absolute Gasteiger partial charge is 0.489 e. The Kier molecular flexibility index (Phi) is 19.0. The summed E-state index contributed by atoms with van der Waals surface area (Å²) in [4.78, 5) is 48.8. The van der Waals surface area contributed by atoms with Crippen molar-refractivity contribution in [3.8, 4) is 11.5 Å². The molecule has 352 valence electrons. The fourth-order valence-electron chi connectivity index (χ4n) is 7.05. The molecule has 4 aromatic carbocycles. The molecule has 0 aliphatic rings. The van der Waals surface area contributed by atoms with Gasteiger partial charge in [0.15, 0.2) is 0 Å². The van der Waals surface area contributed by atoms with Crippen LogP contribution in [0, 0.1) is 0 Å². The Morgan fingerprint density at radius 2 is 0.926 bits per heavy atom. The molecule has 0 bridgehead atoms. The van der Waals surface area contributed by atoms with Crippen LogP contribution in [0.3, 0.4) is 0 Å². The van der Waals surface area contributed by atoms with Crippen molar-refractivity contribution in [3.05, 3.63) is 198 Å². The normalized spacial score (nSPS) is 13.0. The second-order valence-corrected chi connectivity index (χ2v) is 17.8. The van der Waals surface area contributed by atoms with Gasteiger partial charge in [0.25, 0.3) is 0 Å². The Morgan fingerprint density at radius 1 is 0.544 bits per heavy atom. The minimum atomic E-state index is -0.510. The highest BCUT2D eigenvalue weighted by molar-refractivity contribution is 7.10. The fraction of sp³-hybridized carbons (Fsp3) is 0.255. The van der Waals surface area contributed by atoms with Gasteiger partial charge in [-0.2, -0.15) is 0 Å². The first-order valence-corrected chi connectivity index (χ1v) is 24.3. The highest BCUT2D eigenvalue weighted by Crippen LogP contribution is 2.28. The van der Waals surface area contributed by atoms with E-state index < -0.39 is 18.1 Å².